The number of benzene rings is 1. The van der Waals surface area contributed by atoms with Gasteiger partial charge in [-0.1, -0.05) is 12.1 Å². The first kappa shape index (κ1) is 32.2. The van der Waals surface area contributed by atoms with E-state index in [0.29, 0.717) is 47.4 Å². The Balaban J connectivity index is 1.54. The van der Waals surface area contributed by atoms with Crippen molar-refractivity contribution in [2.75, 3.05) is 43.6 Å². The van der Waals surface area contributed by atoms with Gasteiger partial charge in [-0.25, -0.2) is 32.7 Å². The number of anilines is 2. The lowest BCUT2D eigenvalue weighted by atomic mass is 9.82. The van der Waals surface area contributed by atoms with E-state index in [4.69, 9.17) is 14.2 Å². The molecule has 232 valence electrons. The highest BCUT2D eigenvalue weighted by molar-refractivity contribution is 7.74. The van der Waals surface area contributed by atoms with Gasteiger partial charge in [0, 0.05) is 38.2 Å². The molecule has 0 fully saturated rings. The molecule has 0 saturated carbocycles. The lowest BCUT2D eigenvalue weighted by Gasteiger charge is -2.28. The summed E-state index contributed by atoms with van der Waals surface area (Å²) in [5.74, 6) is 1.00. The van der Waals surface area contributed by atoms with Gasteiger partial charge < -0.3 is 19.5 Å². The van der Waals surface area contributed by atoms with Crippen molar-refractivity contribution in [1.82, 2.24) is 24.9 Å². The second-order valence-corrected chi connectivity index (χ2v) is 10.8. The van der Waals surface area contributed by atoms with Crippen molar-refractivity contribution in [2.45, 2.75) is 32.1 Å². The highest BCUT2D eigenvalue weighted by Gasteiger charge is 2.37. The lowest BCUT2D eigenvalue weighted by molar-refractivity contribution is -0.121. The minimum atomic E-state index is -3.06. The molecule has 4 aromatic rings. The van der Waals surface area contributed by atoms with Gasteiger partial charge in [0.1, 0.15) is 11.6 Å². The van der Waals surface area contributed by atoms with Gasteiger partial charge in [0.2, 0.25) is 28.6 Å². The Labute approximate surface area is 257 Å². The van der Waals surface area contributed by atoms with E-state index in [1.807, 2.05) is 31.2 Å². The third kappa shape index (κ3) is 8.02. The maximum atomic E-state index is 13.7. The molecule has 1 N–H and O–H groups in total. The molecule has 1 aromatic carbocycles. The third-order valence-electron chi connectivity index (χ3n) is 6.92. The Bertz CT molecular complexity index is 1610. The van der Waals surface area contributed by atoms with Crippen LogP contribution in [-0.4, -0.2) is 73.2 Å². The first-order chi connectivity index (χ1) is 21.3. The fourth-order valence-electron chi connectivity index (χ4n) is 4.30. The minimum absolute atomic E-state index is 0.0264. The summed E-state index contributed by atoms with van der Waals surface area (Å²) < 4.78 is 41.5. The molecule has 0 aliphatic heterocycles. The predicted molar refractivity (Wildman–Crippen MR) is 165 cm³/mol. The zero-order valence-electron chi connectivity index (χ0n) is 25.0. The first-order valence-corrected chi connectivity index (χ1v) is 15.0. The summed E-state index contributed by atoms with van der Waals surface area (Å²) >= 11 is 0. The topological polar surface area (TPSA) is 159 Å². The quantitative estimate of drug-likeness (QED) is 0.188. The molecule has 13 nitrogen and oxygen atoms in total. The molecule has 0 bridgehead atoms. The van der Waals surface area contributed by atoms with Crippen LogP contribution in [0.15, 0.2) is 67.3 Å². The molecule has 0 radical (unpaired) electrons. The number of pyridine rings is 1. The number of hydrogen-bond donors (Lipinski definition) is 2. The number of ether oxygens (including phenoxy) is 3. The van der Waals surface area contributed by atoms with E-state index < -0.39 is 22.2 Å². The second-order valence-electron chi connectivity index (χ2n) is 9.84. The number of aromatic nitrogens is 5. The van der Waals surface area contributed by atoms with Crippen LogP contribution in [-0.2, 0) is 32.3 Å². The highest BCUT2D eigenvalue weighted by Crippen LogP contribution is 2.30. The largest absolute Gasteiger partial charge is 0.497 e. The number of methoxy groups -OCH3 is 2. The van der Waals surface area contributed by atoms with Gasteiger partial charge >= 0.3 is 0 Å². The van der Waals surface area contributed by atoms with Gasteiger partial charge in [-0.3, -0.25) is 9.78 Å². The SMILES string of the molecule is CCOc1cncc(-c2ccc(NC(=O)C(C)(CCOC)c3ccnc(N(CCc4ccc(OC)cc4)[SH](=O)=O)n3)nc2)n1. The van der Waals surface area contributed by atoms with Crippen LogP contribution in [0.25, 0.3) is 11.3 Å². The van der Waals surface area contributed by atoms with E-state index in [1.54, 1.807) is 44.6 Å². The third-order valence-corrected chi connectivity index (χ3v) is 7.69. The first-order valence-electron chi connectivity index (χ1n) is 13.9. The average Bonchev–Trinajstić information content (AvgIpc) is 3.04. The van der Waals surface area contributed by atoms with Crippen molar-refractivity contribution in [3.63, 3.8) is 0 Å². The molecule has 4 rings (SSSR count). The summed E-state index contributed by atoms with van der Waals surface area (Å²) in [4.78, 5) is 35.5. The molecule has 1 atom stereocenters. The molecule has 0 saturated heterocycles. The van der Waals surface area contributed by atoms with E-state index in [-0.39, 0.29) is 25.5 Å². The molecule has 0 aliphatic carbocycles. The fourth-order valence-corrected chi connectivity index (χ4v) is 4.81. The number of carbonyl (C=O) groups excluding carboxylic acids is 1. The molecule has 3 aromatic heterocycles. The van der Waals surface area contributed by atoms with Crippen molar-refractivity contribution in [2.24, 2.45) is 0 Å². The van der Waals surface area contributed by atoms with Crippen LogP contribution >= 0.6 is 0 Å². The van der Waals surface area contributed by atoms with E-state index in [2.05, 4.69) is 30.2 Å². The Morgan fingerprint density at radius 2 is 1.80 bits per heavy atom. The van der Waals surface area contributed by atoms with Crippen LogP contribution in [0.5, 0.6) is 11.6 Å². The fraction of sp³-hybridized carbons (Fsp3) is 0.333. The van der Waals surface area contributed by atoms with Gasteiger partial charge in [-0.05, 0) is 62.6 Å². The molecule has 44 heavy (non-hydrogen) atoms. The van der Waals surface area contributed by atoms with Gasteiger partial charge in [-0.2, -0.15) is 0 Å². The Morgan fingerprint density at radius 3 is 2.45 bits per heavy atom. The Kier molecular flexibility index (Phi) is 11.1. The number of amides is 1. The summed E-state index contributed by atoms with van der Waals surface area (Å²) in [5.41, 5.74) is 1.32. The molecule has 0 aliphatic rings. The van der Waals surface area contributed by atoms with E-state index >= 15 is 0 Å². The van der Waals surface area contributed by atoms with Crippen molar-refractivity contribution in [3.8, 4) is 22.9 Å². The number of hydrogen-bond acceptors (Lipinski definition) is 11. The van der Waals surface area contributed by atoms with Gasteiger partial charge in [0.25, 0.3) is 0 Å². The zero-order valence-corrected chi connectivity index (χ0v) is 25.9. The van der Waals surface area contributed by atoms with Crippen molar-refractivity contribution < 1.29 is 27.4 Å². The highest BCUT2D eigenvalue weighted by atomic mass is 32.2. The van der Waals surface area contributed by atoms with E-state index in [1.165, 1.54) is 19.5 Å². The normalized spacial score (nSPS) is 12.4. The smallest absolute Gasteiger partial charge is 0.239 e. The number of carbonyl (C=O) groups is 1. The molecule has 14 heteroatoms. The van der Waals surface area contributed by atoms with Gasteiger partial charge in [0.15, 0.2) is 0 Å². The predicted octanol–water partition coefficient (Wildman–Crippen LogP) is 3.24. The lowest BCUT2D eigenvalue weighted by Crippen LogP contribution is -2.40. The van der Waals surface area contributed by atoms with Crippen LogP contribution in [0.3, 0.4) is 0 Å². The zero-order chi connectivity index (χ0) is 31.5. The summed E-state index contributed by atoms with van der Waals surface area (Å²) in [7, 11) is 0.0618. The standard InChI is InChI=1S/C30H35N7O6S/c1-5-43-27-20-31-19-24(34-27)22-8-11-26(33-18-22)36-28(38)30(2,14-17-41-3)25-12-15-32-29(35-25)37(44(39)40)16-13-21-6-9-23(42-4)10-7-21/h6-12,15,18-20,44H,5,13-14,16-17H2,1-4H3,(H,33,36,38). The van der Waals surface area contributed by atoms with Crippen LogP contribution in [0.4, 0.5) is 11.8 Å². The van der Waals surface area contributed by atoms with Crippen LogP contribution in [0.1, 0.15) is 31.5 Å². The number of thiol groups is 1. The van der Waals surface area contributed by atoms with Crippen molar-refractivity contribution >= 4 is 28.6 Å². The number of nitrogens with one attached hydrogen (secondary N) is 1. The molecule has 3 heterocycles. The average molecular weight is 622 g/mol. The van der Waals surface area contributed by atoms with Gasteiger partial charge in [0.05, 0.1) is 42.9 Å². The minimum Gasteiger partial charge on any atom is -0.497 e. The Morgan fingerprint density at radius 1 is 1.00 bits per heavy atom. The van der Waals surface area contributed by atoms with Crippen molar-refractivity contribution in [1.29, 1.82) is 0 Å². The van der Waals surface area contributed by atoms with Crippen LogP contribution in [0.2, 0.25) is 0 Å². The van der Waals surface area contributed by atoms with Crippen LogP contribution < -0.4 is 19.1 Å². The van der Waals surface area contributed by atoms with E-state index in [9.17, 15) is 13.2 Å². The van der Waals surface area contributed by atoms with Gasteiger partial charge in [-0.15, -0.1) is 0 Å². The van der Waals surface area contributed by atoms with E-state index in [0.717, 1.165) is 9.87 Å². The number of nitrogens with zero attached hydrogens (tertiary/aromatic N) is 6. The van der Waals surface area contributed by atoms with Crippen LogP contribution in [0, 0.1) is 0 Å². The second kappa shape index (κ2) is 15.2. The summed E-state index contributed by atoms with van der Waals surface area (Å²) in [6.45, 7) is 4.41. The molecule has 1 unspecified atom stereocenters. The molecular weight excluding hydrogens is 586 g/mol. The molecule has 0 spiro atoms. The summed E-state index contributed by atoms with van der Waals surface area (Å²) in [6, 6.07) is 12.4. The summed E-state index contributed by atoms with van der Waals surface area (Å²) in [6.07, 6.45) is 6.84. The molecule has 1 amide bonds. The maximum absolute atomic E-state index is 13.7. The molecular formula is C30H35N7O6S. The number of rotatable bonds is 15. The van der Waals surface area contributed by atoms with Crippen molar-refractivity contribution in [3.05, 3.63) is 78.5 Å². The summed E-state index contributed by atoms with van der Waals surface area (Å²) in [5, 5.41) is 2.86. The maximum Gasteiger partial charge on any atom is 0.239 e. The Hall–Kier alpha value is -4.69. The monoisotopic (exact) mass is 621 g/mol.